The second kappa shape index (κ2) is 9.35. The average Bonchev–Trinajstić information content (AvgIpc) is 2.79. The summed E-state index contributed by atoms with van der Waals surface area (Å²) in [6.45, 7) is -0.0757. The van der Waals surface area contributed by atoms with E-state index >= 15 is 0 Å². The van der Waals surface area contributed by atoms with Gasteiger partial charge in [0.1, 0.15) is 6.61 Å². The quantitative estimate of drug-likeness (QED) is 0.414. The molecule has 7 heteroatoms. The van der Waals surface area contributed by atoms with E-state index in [1.165, 1.54) is 4.90 Å². The molecule has 2 aromatic carbocycles. The fourth-order valence-corrected chi connectivity index (χ4v) is 3.54. The number of methoxy groups -OCH3 is 1. The molecule has 7 nitrogen and oxygen atoms in total. The van der Waals surface area contributed by atoms with Gasteiger partial charge in [-0.3, -0.25) is 14.4 Å². The molecule has 1 aliphatic heterocycles. The monoisotopic (exact) mass is 409 g/mol. The first-order chi connectivity index (χ1) is 14.5. The molecule has 0 N–H and O–H groups in total. The van der Waals surface area contributed by atoms with Crippen molar-refractivity contribution in [1.29, 1.82) is 0 Å². The van der Waals surface area contributed by atoms with Crippen LogP contribution in [0.2, 0.25) is 0 Å². The first kappa shape index (κ1) is 21.2. The van der Waals surface area contributed by atoms with Crippen LogP contribution in [0.3, 0.4) is 0 Å². The van der Waals surface area contributed by atoms with Gasteiger partial charge in [-0.15, -0.1) is 0 Å². The molecule has 0 saturated carbocycles. The van der Waals surface area contributed by atoms with E-state index in [0.717, 1.165) is 12.7 Å². The zero-order valence-electron chi connectivity index (χ0n) is 16.7. The van der Waals surface area contributed by atoms with Crippen LogP contribution in [0.25, 0.3) is 0 Å². The molecule has 0 spiro atoms. The number of carbonyl (C=O) groups is 4. The third kappa shape index (κ3) is 4.56. The molecule has 1 heterocycles. The summed E-state index contributed by atoms with van der Waals surface area (Å²) in [4.78, 5) is 52.1. The SMILES string of the molecule is COC(=O)C1(CC(=O)c2ccccc2)CN(C(=O)OCc2ccccc2)CCC1=O. The summed E-state index contributed by atoms with van der Waals surface area (Å²) in [6, 6.07) is 17.6. The van der Waals surface area contributed by atoms with E-state index in [2.05, 4.69) is 0 Å². The van der Waals surface area contributed by atoms with E-state index < -0.39 is 23.3 Å². The first-order valence-corrected chi connectivity index (χ1v) is 9.62. The maximum Gasteiger partial charge on any atom is 0.410 e. The summed E-state index contributed by atoms with van der Waals surface area (Å²) in [5.74, 6) is -1.60. The number of ether oxygens (including phenoxy) is 2. The second-order valence-corrected chi connectivity index (χ2v) is 7.17. The van der Waals surface area contributed by atoms with Gasteiger partial charge < -0.3 is 14.4 Å². The van der Waals surface area contributed by atoms with Crippen LogP contribution in [0.5, 0.6) is 0 Å². The Labute approximate surface area is 174 Å². The molecule has 0 aliphatic carbocycles. The Hall–Kier alpha value is -3.48. The van der Waals surface area contributed by atoms with Crippen LogP contribution in [0.4, 0.5) is 4.79 Å². The average molecular weight is 409 g/mol. The summed E-state index contributed by atoms with van der Waals surface area (Å²) in [6.07, 6.45) is -1.07. The van der Waals surface area contributed by atoms with Gasteiger partial charge in [-0.05, 0) is 5.56 Å². The Balaban J connectivity index is 1.77. The molecule has 1 unspecified atom stereocenters. The Kier molecular flexibility index (Phi) is 6.61. The van der Waals surface area contributed by atoms with Crippen LogP contribution in [0.1, 0.15) is 28.8 Å². The van der Waals surface area contributed by atoms with Crippen molar-refractivity contribution in [2.45, 2.75) is 19.4 Å². The van der Waals surface area contributed by atoms with Gasteiger partial charge in [0.25, 0.3) is 0 Å². The zero-order valence-corrected chi connectivity index (χ0v) is 16.7. The lowest BCUT2D eigenvalue weighted by molar-refractivity contribution is -0.161. The zero-order chi connectivity index (χ0) is 21.6. The Bertz CT molecular complexity index is 917. The normalized spacial score (nSPS) is 18.6. The molecule has 0 radical (unpaired) electrons. The highest BCUT2D eigenvalue weighted by Gasteiger charge is 2.52. The number of likely N-dealkylation sites (tertiary alicyclic amines) is 1. The molecule has 1 atom stereocenters. The van der Waals surface area contributed by atoms with Crippen LogP contribution >= 0.6 is 0 Å². The minimum absolute atomic E-state index is 0.0579. The molecule has 156 valence electrons. The Morgan fingerprint density at radius 1 is 1.00 bits per heavy atom. The van der Waals surface area contributed by atoms with Gasteiger partial charge in [-0.25, -0.2) is 4.79 Å². The number of amides is 1. The lowest BCUT2D eigenvalue weighted by atomic mass is 9.74. The third-order valence-electron chi connectivity index (χ3n) is 5.20. The third-order valence-corrected chi connectivity index (χ3v) is 5.20. The van der Waals surface area contributed by atoms with Crippen molar-refractivity contribution in [3.63, 3.8) is 0 Å². The van der Waals surface area contributed by atoms with E-state index in [1.54, 1.807) is 30.3 Å². The highest BCUT2D eigenvalue weighted by molar-refractivity contribution is 6.10. The van der Waals surface area contributed by atoms with E-state index in [-0.39, 0.29) is 38.3 Å². The number of ketones is 2. The lowest BCUT2D eigenvalue weighted by Crippen LogP contribution is -2.56. The number of Topliss-reactive ketones (excluding diaryl/α,β-unsaturated/α-hetero) is 2. The van der Waals surface area contributed by atoms with Crippen molar-refractivity contribution in [3.8, 4) is 0 Å². The molecule has 1 amide bonds. The minimum Gasteiger partial charge on any atom is -0.468 e. The number of nitrogens with zero attached hydrogens (tertiary/aromatic N) is 1. The van der Waals surface area contributed by atoms with Crippen molar-refractivity contribution in [2.24, 2.45) is 5.41 Å². The molecule has 2 aromatic rings. The van der Waals surface area contributed by atoms with Gasteiger partial charge in [-0.1, -0.05) is 60.7 Å². The number of hydrogen-bond acceptors (Lipinski definition) is 6. The van der Waals surface area contributed by atoms with Crippen LogP contribution in [0, 0.1) is 5.41 Å². The van der Waals surface area contributed by atoms with Crippen molar-refractivity contribution in [3.05, 3.63) is 71.8 Å². The molecular weight excluding hydrogens is 386 g/mol. The molecule has 1 saturated heterocycles. The van der Waals surface area contributed by atoms with Crippen molar-refractivity contribution in [2.75, 3.05) is 20.2 Å². The molecule has 1 aliphatic rings. The van der Waals surface area contributed by atoms with Crippen molar-refractivity contribution >= 4 is 23.6 Å². The summed E-state index contributed by atoms with van der Waals surface area (Å²) in [5, 5.41) is 0. The Morgan fingerprint density at radius 2 is 1.63 bits per heavy atom. The van der Waals surface area contributed by atoms with E-state index in [4.69, 9.17) is 9.47 Å². The maximum atomic E-state index is 12.8. The van der Waals surface area contributed by atoms with Gasteiger partial charge in [0.2, 0.25) is 0 Å². The van der Waals surface area contributed by atoms with Gasteiger partial charge in [-0.2, -0.15) is 0 Å². The fourth-order valence-electron chi connectivity index (χ4n) is 3.54. The summed E-state index contributed by atoms with van der Waals surface area (Å²) in [5.41, 5.74) is -0.541. The largest absolute Gasteiger partial charge is 0.468 e. The van der Waals surface area contributed by atoms with Gasteiger partial charge in [0, 0.05) is 31.5 Å². The fraction of sp³-hybridized carbons (Fsp3) is 0.304. The van der Waals surface area contributed by atoms with E-state index in [1.807, 2.05) is 30.3 Å². The molecule has 0 aromatic heterocycles. The van der Waals surface area contributed by atoms with Gasteiger partial charge in [0.15, 0.2) is 17.0 Å². The van der Waals surface area contributed by atoms with E-state index in [0.29, 0.717) is 5.56 Å². The van der Waals surface area contributed by atoms with Crippen molar-refractivity contribution < 1.29 is 28.7 Å². The predicted molar refractivity (Wildman–Crippen MR) is 108 cm³/mol. The predicted octanol–water partition coefficient (Wildman–Crippen LogP) is 3.03. The van der Waals surface area contributed by atoms with Gasteiger partial charge in [0.05, 0.1) is 7.11 Å². The first-order valence-electron chi connectivity index (χ1n) is 9.62. The summed E-state index contributed by atoms with van der Waals surface area (Å²) < 4.78 is 10.2. The summed E-state index contributed by atoms with van der Waals surface area (Å²) in [7, 11) is 1.16. The number of hydrogen-bond donors (Lipinski definition) is 0. The minimum atomic E-state index is -1.74. The maximum absolute atomic E-state index is 12.8. The van der Waals surface area contributed by atoms with Crippen LogP contribution in [0.15, 0.2) is 60.7 Å². The summed E-state index contributed by atoms with van der Waals surface area (Å²) >= 11 is 0. The topological polar surface area (TPSA) is 90.0 Å². The highest BCUT2D eigenvalue weighted by atomic mass is 16.6. The van der Waals surface area contributed by atoms with Crippen LogP contribution in [-0.4, -0.2) is 48.7 Å². The lowest BCUT2D eigenvalue weighted by Gasteiger charge is -2.38. The second-order valence-electron chi connectivity index (χ2n) is 7.17. The molecular formula is C23H23NO6. The number of carbonyl (C=O) groups excluding carboxylic acids is 4. The Morgan fingerprint density at radius 3 is 2.27 bits per heavy atom. The van der Waals surface area contributed by atoms with Gasteiger partial charge >= 0.3 is 12.1 Å². The standard InChI is InChI=1S/C23H23NO6/c1-29-21(27)23(14-19(25)18-10-6-3-7-11-18)16-24(13-12-20(23)26)22(28)30-15-17-8-4-2-5-9-17/h2-11H,12-16H2,1H3. The number of benzene rings is 2. The number of rotatable bonds is 6. The molecule has 3 rings (SSSR count). The smallest absolute Gasteiger partial charge is 0.410 e. The van der Waals surface area contributed by atoms with Crippen LogP contribution < -0.4 is 0 Å². The molecule has 0 bridgehead atoms. The highest BCUT2D eigenvalue weighted by Crippen LogP contribution is 2.34. The molecule has 30 heavy (non-hydrogen) atoms. The van der Waals surface area contributed by atoms with E-state index in [9.17, 15) is 19.2 Å². The van der Waals surface area contributed by atoms with Crippen molar-refractivity contribution in [1.82, 2.24) is 4.90 Å². The number of esters is 1. The van der Waals surface area contributed by atoms with Crippen LogP contribution in [-0.2, 0) is 25.7 Å². The number of piperidine rings is 1. The molecule has 1 fully saturated rings.